The fourth-order valence-corrected chi connectivity index (χ4v) is 4.76. The highest BCUT2D eigenvalue weighted by Crippen LogP contribution is 2.29. The molecule has 0 bridgehead atoms. The topological polar surface area (TPSA) is 56.7 Å². The van der Waals surface area contributed by atoms with Gasteiger partial charge in [-0.1, -0.05) is 24.3 Å². The van der Waals surface area contributed by atoms with Crippen LogP contribution in [0.3, 0.4) is 0 Å². The van der Waals surface area contributed by atoms with E-state index in [9.17, 15) is 9.90 Å². The van der Waals surface area contributed by atoms with E-state index < -0.39 is 0 Å². The number of hydrogen-bond donors (Lipinski definition) is 1. The number of aromatic nitrogens is 1. The lowest BCUT2D eigenvalue weighted by molar-refractivity contribution is 0.0626. The fourth-order valence-electron chi connectivity index (χ4n) is 4.76. The molecule has 0 spiro atoms. The highest BCUT2D eigenvalue weighted by molar-refractivity contribution is 5.97. The van der Waals surface area contributed by atoms with E-state index in [1.807, 2.05) is 29.3 Å². The second kappa shape index (κ2) is 8.07. The van der Waals surface area contributed by atoms with Crippen molar-refractivity contribution in [1.29, 1.82) is 0 Å². The average Bonchev–Trinajstić information content (AvgIpc) is 2.79. The first-order chi connectivity index (χ1) is 14.7. The number of carbonyl (C=O) groups is 1. The predicted molar refractivity (Wildman–Crippen MR) is 118 cm³/mol. The Morgan fingerprint density at radius 3 is 2.50 bits per heavy atom. The quantitative estimate of drug-likeness (QED) is 0.726. The molecule has 5 rings (SSSR count). The SMILES string of the molecule is O=C(c1cc2c(cc1O)CCCC2)N1CCN(Cc2cccc3cccnc23)CC1. The van der Waals surface area contributed by atoms with Gasteiger partial charge in [0.2, 0.25) is 0 Å². The van der Waals surface area contributed by atoms with E-state index in [1.165, 1.54) is 16.7 Å². The van der Waals surface area contributed by atoms with Gasteiger partial charge >= 0.3 is 0 Å². The number of aromatic hydroxyl groups is 1. The molecule has 2 heterocycles. The first-order valence-corrected chi connectivity index (χ1v) is 10.9. The van der Waals surface area contributed by atoms with Crippen molar-refractivity contribution >= 4 is 16.8 Å². The third-order valence-electron chi connectivity index (χ3n) is 6.46. The molecule has 0 atom stereocenters. The molecule has 5 heteroatoms. The number of pyridine rings is 1. The van der Waals surface area contributed by atoms with Crippen LogP contribution in [0.5, 0.6) is 5.75 Å². The number of fused-ring (bicyclic) bond motifs is 2. The van der Waals surface area contributed by atoms with Crippen molar-refractivity contribution < 1.29 is 9.90 Å². The zero-order valence-electron chi connectivity index (χ0n) is 17.2. The maximum atomic E-state index is 13.1. The van der Waals surface area contributed by atoms with Crippen LogP contribution in [0, 0.1) is 0 Å². The lowest BCUT2D eigenvalue weighted by Crippen LogP contribution is -2.48. The zero-order valence-corrected chi connectivity index (χ0v) is 17.2. The summed E-state index contributed by atoms with van der Waals surface area (Å²) >= 11 is 0. The number of para-hydroxylation sites is 1. The first kappa shape index (κ1) is 19.1. The Labute approximate surface area is 177 Å². The number of piperazine rings is 1. The van der Waals surface area contributed by atoms with Crippen molar-refractivity contribution in [3.05, 3.63) is 70.9 Å². The van der Waals surface area contributed by atoms with E-state index in [4.69, 9.17) is 0 Å². The van der Waals surface area contributed by atoms with Crippen LogP contribution in [-0.4, -0.2) is 52.0 Å². The Kier molecular flexibility index (Phi) is 5.13. The minimum atomic E-state index is -0.0487. The van der Waals surface area contributed by atoms with Crippen molar-refractivity contribution in [2.24, 2.45) is 0 Å². The van der Waals surface area contributed by atoms with Crippen LogP contribution in [0.25, 0.3) is 10.9 Å². The van der Waals surface area contributed by atoms with Gasteiger partial charge in [0.15, 0.2) is 0 Å². The van der Waals surface area contributed by atoms with Gasteiger partial charge in [-0.05, 0) is 60.6 Å². The molecular weight excluding hydrogens is 374 g/mol. The normalized spacial score (nSPS) is 17.1. The van der Waals surface area contributed by atoms with Crippen LogP contribution in [-0.2, 0) is 19.4 Å². The second-order valence-corrected chi connectivity index (χ2v) is 8.41. The van der Waals surface area contributed by atoms with Crippen molar-refractivity contribution in [2.45, 2.75) is 32.2 Å². The number of carbonyl (C=O) groups excluding carboxylic acids is 1. The van der Waals surface area contributed by atoms with Crippen LogP contribution >= 0.6 is 0 Å². The van der Waals surface area contributed by atoms with E-state index >= 15 is 0 Å². The minimum absolute atomic E-state index is 0.0487. The molecule has 1 amide bonds. The molecule has 1 aliphatic heterocycles. The van der Waals surface area contributed by atoms with Crippen molar-refractivity contribution in [1.82, 2.24) is 14.8 Å². The molecule has 3 aromatic rings. The maximum Gasteiger partial charge on any atom is 0.257 e. The van der Waals surface area contributed by atoms with Crippen LogP contribution < -0.4 is 0 Å². The molecule has 1 fully saturated rings. The molecule has 1 aliphatic carbocycles. The first-order valence-electron chi connectivity index (χ1n) is 10.9. The standard InChI is InChI=1S/C25H27N3O2/c29-23-16-20-6-2-1-5-19(20)15-22(23)25(30)28-13-11-27(12-14-28)17-21-8-3-7-18-9-4-10-26-24(18)21/h3-4,7-10,15-16,29H,1-2,5-6,11-14,17H2. The lowest BCUT2D eigenvalue weighted by Gasteiger charge is -2.35. The average molecular weight is 402 g/mol. The van der Waals surface area contributed by atoms with Crippen molar-refractivity contribution in [3.63, 3.8) is 0 Å². The molecule has 2 aromatic carbocycles. The summed E-state index contributed by atoms with van der Waals surface area (Å²) in [5.74, 6) is 0.0808. The molecule has 30 heavy (non-hydrogen) atoms. The van der Waals surface area contributed by atoms with Crippen molar-refractivity contribution in [3.8, 4) is 5.75 Å². The number of nitrogens with zero attached hydrogens (tertiary/aromatic N) is 3. The largest absolute Gasteiger partial charge is 0.507 e. The highest BCUT2D eigenvalue weighted by Gasteiger charge is 2.25. The maximum absolute atomic E-state index is 13.1. The summed E-state index contributed by atoms with van der Waals surface area (Å²) < 4.78 is 0. The van der Waals surface area contributed by atoms with Gasteiger partial charge in [-0.25, -0.2) is 0 Å². The monoisotopic (exact) mass is 401 g/mol. The lowest BCUT2D eigenvalue weighted by atomic mass is 9.89. The molecule has 154 valence electrons. The van der Waals surface area contributed by atoms with E-state index in [-0.39, 0.29) is 11.7 Å². The summed E-state index contributed by atoms with van der Waals surface area (Å²) in [6, 6.07) is 14.1. The number of amides is 1. The van der Waals surface area contributed by atoms with Gasteiger partial charge in [0, 0.05) is 44.3 Å². The molecule has 5 nitrogen and oxygen atoms in total. The minimum Gasteiger partial charge on any atom is -0.507 e. The Morgan fingerprint density at radius 2 is 1.70 bits per heavy atom. The Bertz CT molecular complexity index is 1080. The van der Waals surface area contributed by atoms with Crippen LogP contribution in [0.1, 0.15) is 39.9 Å². The number of phenols is 1. The van der Waals surface area contributed by atoms with Gasteiger partial charge in [0.25, 0.3) is 5.91 Å². The zero-order chi connectivity index (χ0) is 20.5. The number of phenolic OH excluding ortho intramolecular Hbond substituents is 1. The van der Waals surface area contributed by atoms with Crippen molar-refractivity contribution in [2.75, 3.05) is 26.2 Å². The molecule has 1 aromatic heterocycles. The van der Waals surface area contributed by atoms with E-state index in [1.54, 1.807) is 0 Å². The molecule has 0 saturated carbocycles. The summed E-state index contributed by atoms with van der Waals surface area (Å²) in [7, 11) is 0. The molecule has 2 aliphatic rings. The van der Waals surface area contributed by atoms with Gasteiger partial charge < -0.3 is 10.0 Å². The van der Waals surface area contributed by atoms with Gasteiger partial charge in [-0.15, -0.1) is 0 Å². The van der Waals surface area contributed by atoms with Gasteiger partial charge in [-0.3, -0.25) is 14.7 Å². The van der Waals surface area contributed by atoms with E-state index in [0.29, 0.717) is 18.7 Å². The number of aryl methyl sites for hydroxylation is 2. The van der Waals surface area contributed by atoms with E-state index in [2.05, 4.69) is 34.1 Å². The summed E-state index contributed by atoms with van der Waals surface area (Å²) in [6.45, 7) is 3.82. The number of rotatable bonds is 3. The summed E-state index contributed by atoms with van der Waals surface area (Å²) in [5.41, 5.74) is 5.16. The number of hydrogen-bond acceptors (Lipinski definition) is 4. The smallest absolute Gasteiger partial charge is 0.257 e. The van der Waals surface area contributed by atoms with Crippen LogP contribution in [0.15, 0.2) is 48.7 Å². The summed E-state index contributed by atoms with van der Waals surface area (Å²) in [5, 5.41) is 11.6. The Morgan fingerprint density at radius 1 is 0.967 bits per heavy atom. The molecule has 0 radical (unpaired) electrons. The molecular formula is C25H27N3O2. The fraction of sp³-hybridized carbons (Fsp3) is 0.360. The van der Waals surface area contributed by atoms with Crippen LogP contribution in [0.4, 0.5) is 0 Å². The van der Waals surface area contributed by atoms with E-state index in [0.717, 1.165) is 56.2 Å². The third kappa shape index (κ3) is 3.65. The van der Waals surface area contributed by atoms with Gasteiger partial charge in [0.1, 0.15) is 5.75 Å². The second-order valence-electron chi connectivity index (χ2n) is 8.41. The summed E-state index contributed by atoms with van der Waals surface area (Å²) in [6.07, 6.45) is 6.16. The summed E-state index contributed by atoms with van der Waals surface area (Å²) in [4.78, 5) is 21.9. The predicted octanol–water partition coefficient (Wildman–Crippen LogP) is 3.78. The number of benzene rings is 2. The third-order valence-corrected chi connectivity index (χ3v) is 6.46. The Hall–Kier alpha value is -2.92. The van der Waals surface area contributed by atoms with Crippen LogP contribution in [0.2, 0.25) is 0 Å². The Balaban J connectivity index is 1.26. The molecule has 1 saturated heterocycles. The molecule has 0 unspecified atom stereocenters. The van der Waals surface area contributed by atoms with Gasteiger partial charge in [-0.2, -0.15) is 0 Å². The highest BCUT2D eigenvalue weighted by atomic mass is 16.3. The molecule has 1 N–H and O–H groups in total. The van der Waals surface area contributed by atoms with Gasteiger partial charge in [0.05, 0.1) is 11.1 Å².